The number of rotatable bonds is 4. The summed E-state index contributed by atoms with van der Waals surface area (Å²) in [5, 5.41) is 8.93. The van der Waals surface area contributed by atoms with Crippen molar-refractivity contribution in [2.75, 3.05) is 20.0 Å². The van der Waals surface area contributed by atoms with E-state index in [4.69, 9.17) is 10.00 Å². The van der Waals surface area contributed by atoms with E-state index in [-0.39, 0.29) is 11.7 Å². The number of nitrogens with zero attached hydrogens (tertiary/aromatic N) is 1. The SMILES string of the molecule is COC(=O)CSc1ccc(OC)cc1C#N. The van der Waals surface area contributed by atoms with Crippen LogP contribution in [0.3, 0.4) is 0 Å². The zero-order valence-electron chi connectivity index (χ0n) is 9.02. The Morgan fingerprint density at radius 3 is 2.81 bits per heavy atom. The van der Waals surface area contributed by atoms with Gasteiger partial charge in [0.05, 0.1) is 25.5 Å². The molecular weight excluding hydrogens is 226 g/mol. The van der Waals surface area contributed by atoms with Gasteiger partial charge in [0.2, 0.25) is 0 Å². The Labute approximate surface area is 98.2 Å². The highest BCUT2D eigenvalue weighted by Gasteiger charge is 2.07. The van der Waals surface area contributed by atoms with Gasteiger partial charge in [-0.1, -0.05) is 0 Å². The van der Waals surface area contributed by atoms with Gasteiger partial charge in [-0.3, -0.25) is 4.79 Å². The lowest BCUT2D eigenvalue weighted by Gasteiger charge is -2.05. The molecule has 0 aliphatic carbocycles. The molecule has 0 saturated carbocycles. The summed E-state index contributed by atoms with van der Waals surface area (Å²) in [5.41, 5.74) is 0.494. The van der Waals surface area contributed by atoms with Crippen LogP contribution in [-0.4, -0.2) is 25.9 Å². The Bertz CT molecular complexity index is 426. The molecule has 0 aliphatic rings. The molecule has 0 unspecified atom stereocenters. The fourth-order valence-corrected chi connectivity index (χ4v) is 1.86. The fourth-order valence-electron chi connectivity index (χ4n) is 1.04. The molecule has 0 atom stereocenters. The molecule has 0 spiro atoms. The number of ether oxygens (including phenoxy) is 2. The van der Waals surface area contributed by atoms with E-state index in [1.54, 1.807) is 18.2 Å². The normalized spacial score (nSPS) is 9.31. The third-order valence-electron chi connectivity index (χ3n) is 1.88. The minimum Gasteiger partial charge on any atom is -0.497 e. The van der Waals surface area contributed by atoms with Crippen LogP contribution in [0.5, 0.6) is 5.75 Å². The van der Waals surface area contributed by atoms with Crippen molar-refractivity contribution in [1.82, 2.24) is 0 Å². The molecule has 0 radical (unpaired) electrons. The summed E-state index contributed by atoms with van der Waals surface area (Å²) in [4.78, 5) is 11.7. The number of benzene rings is 1. The van der Waals surface area contributed by atoms with E-state index in [2.05, 4.69) is 10.8 Å². The Balaban J connectivity index is 2.80. The number of thioether (sulfide) groups is 1. The highest BCUT2D eigenvalue weighted by molar-refractivity contribution is 8.00. The fraction of sp³-hybridized carbons (Fsp3) is 0.273. The van der Waals surface area contributed by atoms with E-state index in [1.165, 1.54) is 26.0 Å². The number of hydrogen-bond acceptors (Lipinski definition) is 5. The van der Waals surface area contributed by atoms with Gasteiger partial charge in [-0.25, -0.2) is 0 Å². The van der Waals surface area contributed by atoms with Crippen LogP contribution >= 0.6 is 11.8 Å². The summed E-state index contributed by atoms with van der Waals surface area (Å²) in [6.45, 7) is 0. The van der Waals surface area contributed by atoms with Crippen molar-refractivity contribution in [3.05, 3.63) is 23.8 Å². The lowest BCUT2D eigenvalue weighted by molar-refractivity contribution is -0.137. The highest BCUT2D eigenvalue weighted by Crippen LogP contribution is 2.26. The molecular formula is C11H11NO3S. The van der Waals surface area contributed by atoms with Crippen LogP contribution in [0.2, 0.25) is 0 Å². The van der Waals surface area contributed by atoms with Gasteiger partial charge in [-0.15, -0.1) is 11.8 Å². The summed E-state index contributed by atoms with van der Waals surface area (Å²) in [6.07, 6.45) is 0. The maximum absolute atomic E-state index is 11.0. The number of methoxy groups -OCH3 is 2. The summed E-state index contributed by atoms with van der Waals surface area (Å²) in [5.74, 6) is 0.501. The minimum atomic E-state index is -0.315. The molecule has 0 saturated heterocycles. The zero-order valence-corrected chi connectivity index (χ0v) is 9.84. The second-order valence-electron chi connectivity index (χ2n) is 2.84. The van der Waals surface area contributed by atoms with Gasteiger partial charge in [0.15, 0.2) is 0 Å². The molecule has 84 valence electrons. The van der Waals surface area contributed by atoms with Gasteiger partial charge >= 0.3 is 5.97 Å². The van der Waals surface area contributed by atoms with Crippen molar-refractivity contribution in [2.24, 2.45) is 0 Å². The Morgan fingerprint density at radius 2 is 2.25 bits per heavy atom. The van der Waals surface area contributed by atoms with Crippen molar-refractivity contribution in [1.29, 1.82) is 5.26 Å². The molecule has 0 fully saturated rings. The zero-order chi connectivity index (χ0) is 12.0. The van der Waals surface area contributed by atoms with Crippen molar-refractivity contribution >= 4 is 17.7 Å². The van der Waals surface area contributed by atoms with Crippen LogP contribution in [0.25, 0.3) is 0 Å². The van der Waals surface area contributed by atoms with E-state index in [0.29, 0.717) is 11.3 Å². The van der Waals surface area contributed by atoms with Gasteiger partial charge in [0.1, 0.15) is 11.8 Å². The summed E-state index contributed by atoms with van der Waals surface area (Å²) >= 11 is 1.27. The molecule has 0 heterocycles. The topological polar surface area (TPSA) is 59.3 Å². The molecule has 1 aromatic carbocycles. The standard InChI is InChI=1S/C11H11NO3S/c1-14-9-3-4-10(8(5-9)6-12)16-7-11(13)15-2/h3-5H,7H2,1-2H3. The Hall–Kier alpha value is -1.67. The second-order valence-corrected chi connectivity index (χ2v) is 3.86. The predicted octanol–water partition coefficient (Wildman–Crippen LogP) is 1.83. The molecule has 5 heteroatoms. The lowest BCUT2D eigenvalue weighted by Crippen LogP contribution is -2.03. The first-order valence-electron chi connectivity index (χ1n) is 4.49. The minimum absolute atomic E-state index is 0.192. The predicted molar refractivity (Wildman–Crippen MR) is 60.4 cm³/mol. The molecule has 0 amide bonds. The summed E-state index contributed by atoms with van der Waals surface area (Å²) in [6, 6.07) is 7.20. The molecule has 0 bridgehead atoms. The smallest absolute Gasteiger partial charge is 0.315 e. The van der Waals surface area contributed by atoms with E-state index >= 15 is 0 Å². The van der Waals surface area contributed by atoms with Crippen LogP contribution in [0.15, 0.2) is 23.1 Å². The summed E-state index contributed by atoms with van der Waals surface area (Å²) in [7, 11) is 2.87. The largest absolute Gasteiger partial charge is 0.497 e. The first kappa shape index (κ1) is 12.4. The van der Waals surface area contributed by atoms with Crippen LogP contribution in [0.4, 0.5) is 0 Å². The van der Waals surface area contributed by atoms with Gasteiger partial charge in [-0.2, -0.15) is 5.26 Å². The van der Waals surface area contributed by atoms with Gasteiger partial charge in [-0.05, 0) is 18.2 Å². The number of esters is 1. The molecule has 16 heavy (non-hydrogen) atoms. The molecule has 0 aromatic heterocycles. The first-order valence-corrected chi connectivity index (χ1v) is 5.47. The first-order chi connectivity index (χ1) is 7.71. The van der Waals surface area contributed by atoms with E-state index in [1.807, 2.05) is 0 Å². The quantitative estimate of drug-likeness (QED) is 0.590. The van der Waals surface area contributed by atoms with Crippen LogP contribution in [-0.2, 0) is 9.53 Å². The van der Waals surface area contributed by atoms with Crippen molar-refractivity contribution < 1.29 is 14.3 Å². The van der Waals surface area contributed by atoms with Gasteiger partial charge < -0.3 is 9.47 Å². The van der Waals surface area contributed by atoms with Gasteiger partial charge in [0, 0.05) is 4.90 Å². The molecule has 0 aliphatic heterocycles. The molecule has 1 rings (SSSR count). The third-order valence-corrected chi connectivity index (χ3v) is 2.93. The van der Waals surface area contributed by atoms with Crippen molar-refractivity contribution in [3.8, 4) is 11.8 Å². The van der Waals surface area contributed by atoms with Crippen LogP contribution in [0, 0.1) is 11.3 Å². The number of carbonyl (C=O) groups excluding carboxylic acids is 1. The monoisotopic (exact) mass is 237 g/mol. The lowest BCUT2D eigenvalue weighted by atomic mass is 10.2. The second kappa shape index (κ2) is 6.03. The van der Waals surface area contributed by atoms with E-state index in [9.17, 15) is 4.79 Å². The maximum Gasteiger partial charge on any atom is 0.315 e. The molecule has 1 aromatic rings. The van der Waals surface area contributed by atoms with Crippen LogP contribution < -0.4 is 4.74 Å². The van der Waals surface area contributed by atoms with Crippen molar-refractivity contribution in [3.63, 3.8) is 0 Å². The molecule has 4 nitrogen and oxygen atoms in total. The Morgan fingerprint density at radius 1 is 1.50 bits per heavy atom. The molecule has 0 N–H and O–H groups in total. The highest BCUT2D eigenvalue weighted by atomic mass is 32.2. The average Bonchev–Trinajstić information content (AvgIpc) is 2.35. The summed E-state index contributed by atoms with van der Waals surface area (Å²) < 4.78 is 9.53. The maximum atomic E-state index is 11.0. The number of carbonyl (C=O) groups is 1. The third kappa shape index (κ3) is 3.17. The average molecular weight is 237 g/mol. The van der Waals surface area contributed by atoms with Crippen molar-refractivity contribution in [2.45, 2.75) is 4.90 Å². The number of hydrogen-bond donors (Lipinski definition) is 0. The van der Waals surface area contributed by atoms with Gasteiger partial charge in [0.25, 0.3) is 0 Å². The van der Waals surface area contributed by atoms with Crippen LogP contribution in [0.1, 0.15) is 5.56 Å². The number of nitriles is 1. The Kier molecular flexibility index (Phi) is 4.67. The van der Waals surface area contributed by atoms with E-state index in [0.717, 1.165) is 4.90 Å². The van der Waals surface area contributed by atoms with E-state index < -0.39 is 0 Å².